The number of fused-ring (bicyclic) bond motifs is 1. The van der Waals surface area contributed by atoms with Crippen LogP contribution in [-0.4, -0.2) is 46.3 Å². The molecule has 152 valence electrons. The molecule has 1 aromatic carbocycles. The molecule has 0 atom stereocenters. The molecule has 0 bridgehead atoms. The monoisotopic (exact) mass is 413 g/mol. The Morgan fingerprint density at radius 1 is 1.07 bits per heavy atom. The fourth-order valence-corrected chi connectivity index (χ4v) is 5.12. The second kappa shape index (κ2) is 7.92. The summed E-state index contributed by atoms with van der Waals surface area (Å²) in [6, 6.07) is 9.45. The van der Waals surface area contributed by atoms with Gasteiger partial charge in [-0.15, -0.1) is 0 Å². The molecule has 0 spiro atoms. The van der Waals surface area contributed by atoms with Gasteiger partial charge in [0.05, 0.1) is 11.1 Å². The summed E-state index contributed by atoms with van der Waals surface area (Å²) in [6.07, 6.45) is 8.25. The molecule has 1 N–H and O–H groups in total. The number of carbonyl (C=O) groups excluding carboxylic acids is 1. The fraction of sp³-hybridized carbons (Fsp3) is 0.350. The predicted molar refractivity (Wildman–Crippen MR) is 109 cm³/mol. The van der Waals surface area contributed by atoms with E-state index in [4.69, 9.17) is 0 Å². The second-order valence-corrected chi connectivity index (χ2v) is 9.22. The maximum atomic E-state index is 12.9. The molecular formula is C20H23N5O3S. The van der Waals surface area contributed by atoms with Crippen LogP contribution in [0, 0.1) is 0 Å². The summed E-state index contributed by atoms with van der Waals surface area (Å²) in [5.41, 5.74) is 0.983. The highest BCUT2D eigenvalue weighted by Gasteiger charge is 2.29. The number of nitrogens with one attached hydrogen (secondary N) is 1. The zero-order valence-corrected chi connectivity index (χ0v) is 17.0. The van der Waals surface area contributed by atoms with Crippen LogP contribution in [0.25, 0.3) is 5.65 Å². The summed E-state index contributed by atoms with van der Waals surface area (Å²) < 4.78 is 28.9. The van der Waals surface area contributed by atoms with Gasteiger partial charge in [0.25, 0.3) is 5.91 Å². The summed E-state index contributed by atoms with van der Waals surface area (Å²) in [7, 11) is -1.94. The van der Waals surface area contributed by atoms with Crippen molar-refractivity contribution >= 4 is 27.4 Å². The molecule has 1 aliphatic carbocycles. The van der Waals surface area contributed by atoms with Crippen LogP contribution in [0.1, 0.15) is 42.5 Å². The first-order chi connectivity index (χ1) is 14.0. The fourth-order valence-electron chi connectivity index (χ4n) is 3.70. The van der Waals surface area contributed by atoms with Gasteiger partial charge >= 0.3 is 0 Å². The van der Waals surface area contributed by atoms with E-state index < -0.39 is 10.0 Å². The van der Waals surface area contributed by atoms with Crippen molar-refractivity contribution in [1.29, 1.82) is 0 Å². The number of hydrogen-bond acceptors (Lipinski definition) is 5. The van der Waals surface area contributed by atoms with E-state index in [-0.39, 0.29) is 16.8 Å². The van der Waals surface area contributed by atoms with Crippen molar-refractivity contribution in [2.24, 2.45) is 0 Å². The Hall–Kier alpha value is -2.78. The van der Waals surface area contributed by atoms with Gasteiger partial charge in [0, 0.05) is 30.9 Å². The number of rotatable bonds is 5. The highest BCUT2D eigenvalue weighted by Crippen LogP contribution is 2.26. The molecule has 3 aromatic rings. The van der Waals surface area contributed by atoms with Crippen LogP contribution in [0.4, 0.5) is 5.82 Å². The molecule has 0 radical (unpaired) electrons. The SMILES string of the molecule is CN(C1CCCCC1)S(=O)(=O)c1ccc(C(=O)Nc2ccnc3ccnn23)cc1. The highest BCUT2D eigenvalue weighted by molar-refractivity contribution is 7.89. The van der Waals surface area contributed by atoms with Gasteiger partial charge in [0.15, 0.2) is 5.65 Å². The van der Waals surface area contributed by atoms with E-state index in [1.54, 1.807) is 31.6 Å². The number of nitrogens with zero attached hydrogens (tertiary/aromatic N) is 4. The summed E-state index contributed by atoms with van der Waals surface area (Å²) in [6.45, 7) is 0. The van der Waals surface area contributed by atoms with E-state index in [0.29, 0.717) is 17.0 Å². The minimum atomic E-state index is -3.58. The van der Waals surface area contributed by atoms with Gasteiger partial charge in [0.1, 0.15) is 5.82 Å². The summed E-state index contributed by atoms with van der Waals surface area (Å²) in [5, 5.41) is 6.91. The molecule has 0 saturated heterocycles. The first-order valence-electron chi connectivity index (χ1n) is 9.65. The van der Waals surface area contributed by atoms with Gasteiger partial charge in [-0.25, -0.2) is 13.4 Å². The van der Waals surface area contributed by atoms with Gasteiger partial charge in [0.2, 0.25) is 10.0 Å². The van der Waals surface area contributed by atoms with E-state index in [9.17, 15) is 13.2 Å². The summed E-state index contributed by atoms with van der Waals surface area (Å²) in [5.74, 6) is 0.135. The van der Waals surface area contributed by atoms with Crippen molar-refractivity contribution < 1.29 is 13.2 Å². The minimum Gasteiger partial charge on any atom is -0.306 e. The summed E-state index contributed by atoms with van der Waals surface area (Å²) >= 11 is 0. The molecule has 9 heteroatoms. The Morgan fingerprint density at radius 3 is 2.52 bits per heavy atom. The number of hydrogen-bond donors (Lipinski definition) is 1. The van der Waals surface area contributed by atoms with Crippen LogP contribution >= 0.6 is 0 Å². The van der Waals surface area contributed by atoms with Crippen molar-refractivity contribution in [2.75, 3.05) is 12.4 Å². The zero-order chi connectivity index (χ0) is 20.4. The Kier molecular flexibility index (Phi) is 5.33. The normalized spacial score (nSPS) is 15.7. The number of sulfonamides is 1. The number of benzene rings is 1. The lowest BCUT2D eigenvalue weighted by Gasteiger charge is -2.30. The number of carbonyl (C=O) groups is 1. The second-order valence-electron chi connectivity index (χ2n) is 7.22. The Morgan fingerprint density at radius 2 is 1.79 bits per heavy atom. The molecule has 2 aromatic heterocycles. The molecule has 4 rings (SSSR count). The highest BCUT2D eigenvalue weighted by atomic mass is 32.2. The Balaban J connectivity index is 1.51. The van der Waals surface area contributed by atoms with E-state index in [2.05, 4.69) is 15.4 Å². The predicted octanol–water partition coefficient (Wildman–Crippen LogP) is 2.93. The molecule has 1 saturated carbocycles. The third-order valence-corrected chi connectivity index (χ3v) is 7.34. The maximum absolute atomic E-state index is 12.9. The average molecular weight is 414 g/mol. The van der Waals surface area contributed by atoms with E-state index in [0.717, 1.165) is 32.1 Å². The van der Waals surface area contributed by atoms with Crippen LogP contribution in [0.5, 0.6) is 0 Å². The van der Waals surface area contributed by atoms with Crippen molar-refractivity contribution in [3.8, 4) is 0 Å². The first-order valence-corrected chi connectivity index (χ1v) is 11.1. The lowest BCUT2D eigenvalue weighted by molar-refractivity contribution is 0.102. The third-order valence-electron chi connectivity index (χ3n) is 5.41. The number of aromatic nitrogens is 3. The van der Waals surface area contributed by atoms with Crippen LogP contribution < -0.4 is 5.32 Å². The zero-order valence-electron chi connectivity index (χ0n) is 16.2. The van der Waals surface area contributed by atoms with Crippen molar-refractivity contribution in [3.63, 3.8) is 0 Å². The van der Waals surface area contributed by atoms with E-state index in [1.807, 2.05) is 0 Å². The maximum Gasteiger partial charge on any atom is 0.256 e. The number of anilines is 1. The van der Waals surface area contributed by atoms with Crippen LogP contribution in [-0.2, 0) is 10.0 Å². The largest absolute Gasteiger partial charge is 0.306 e. The molecule has 1 aliphatic rings. The quantitative estimate of drug-likeness (QED) is 0.694. The van der Waals surface area contributed by atoms with Crippen LogP contribution in [0.15, 0.2) is 53.7 Å². The third kappa shape index (κ3) is 3.88. The molecule has 0 unspecified atom stereocenters. The average Bonchev–Trinajstić information content (AvgIpc) is 3.24. The van der Waals surface area contributed by atoms with Crippen LogP contribution in [0.3, 0.4) is 0 Å². The Labute approximate surface area is 169 Å². The lowest BCUT2D eigenvalue weighted by atomic mass is 9.96. The van der Waals surface area contributed by atoms with Gasteiger partial charge in [-0.3, -0.25) is 4.79 Å². The van der Waals surface area contributed by atoms with Crippen molar-refractivity contribution in [1.82, 2.24) is 18.9 Å². The minimum absolute atomic E-state index is 0.0416. The molecule has 2 heterocycles. The summed E-state index contributed by atoms with van der Waals surface area (Å²) in [4.78, 5) is 16.9. The molecule has 0 aliphatic heterocycles. The first kappa shape index (κ1) is 19.5. The van der Waals surface area contributed by atoms with E-state index in [1.165, 1.54) is 33.1 Å². The van der Waals surface area contributed by atoms with E-state index >= 15 is 0 Å². The van der Waals surface area contributed by atoms with Gasteiger partial charge in [-0.2, -0.15) is 13.9 Å². The number of amides is 1. The standard InChI is InChI=1S/C20H23N5O3S/c1-24(16-5-3-2-4-6-16)29(27,28)17-9-7-15(8-10-17)20(26)23-19-11-13-21-18-12-14-22-25(18)19/h7-14,16H,2-6H2,1H3,(H,23,26). The van der Waals surface area contributed by atoms with Crippen LogP contribution in [0.2, 0.25) is 0 Å². The molecule has 1 amide bonds. The lowest BCUT2D eigenvalue weighted by Crippen LogP contribution is -2.38. The molecule has 8 nitrogen and oxygen atoms in total. The van der Waals surface area contributed by atoms with Crippen molar-refractivity contribution in [2.45, 2.75) is 43.0 Å². The topological polar surface area (TPSA) is 96.7 Å². The van der Waals surface area contributed by atoms with Gasteiger partial charge in [-0.1, -0.05) is 19.3 Å². The smallest absolute Gasteiger partial charge is 0.256 e. The molecule has 29 heavy (non-hydrogen) atoms. The molecule has 1 fully saturated rings. The van der Waals surface area contributed by atoms with Gasteiger partial charge < -0.3 is 5.32 Å². The van der Waals surface area contributed by atoms with Crippen molar-refractivity contribution in [3.05, 3.63) is 54.4 Å². The molecular weight excluding hydrogens is 390 g/mol. The Bertz CT molecular complexity index is 1120. The van der Waals surface area contributed by atoms with Gasteiger partial charge in [-0.05, 0) is 43.2 Å².